The number of oxime groups is 1. The maximum atomic E-state index is 5.66. The second kappa shape index (κ2) is 3.79. The molecule has 13 heavy (non-hydrogen) atoms. The third kappa shape index (κ3) is 1.83. The normalized spacial score (nSPS) is 21.0. The molecule has 0 saturated heterocycles. The van der Waals surface area contributed by atoms with Crippen LogP contribution in [0.15, 0.2) is 35.5 Å². The quantitative estimate of drug-likeness (QED) is 0.665. The SMILES string of the molecule is ClCC1CC(c2ccccc2)=NO1. The topological polar surface area (TPSA) is 21.6 Å². The van der Waals surface area contributed by atoms with Crippen LogP contribution in [0, 0.1) is 0 Å². The smallest absolute Gasteiger partial charge is 0.146 e. The van der Waals surface area contributed by atoms with Gasteiger partial charge in [-0.2, -0.15) is 0 Å². The Labute approximate surface area is 82.2 Å². The number of rotatable bonds is 2. The summed E-state index contributed by atoms with van der Waals surface area (Å²) in [6.07, 6.45) is 0.866. The molecule has 1 aromatic rings. The summed E-state index contributed by atoms with van der Waals surface area (Å²) in [5, 5.41) is 3.99. The molecule has 1 aliphatic rings. The van der Waals surface area contributed by atoms with Gasteiger partial charge in [0.05, 0.1) is 11.6 Å². The lowest BCUT2D eigenvalue weighted by molar-refractivity contribution is 0.102. The van der Waals surface area contributed by atoms with E-state index in [4.69, 9.17) is 16.4 Å². The molecular formula is C10H10ClNO. The number of nitrogens with zero attached hydrogens (tertiary/aromatic N) is 1. The summed E-state index contributed by atoms with van der Waals surface area (Å²) < 4.78 is 0. The Hall–Kier alpha value is -1.02. The highest BCUT2D eigenvalue weighted by Crippen LogP contribution is 2.16. The summed E-state index contributed by atoms with van der Waals surface area (Å²) >= 11 is 5.66. The maximum Gasteiger partial charge on any atom is 0.146 e. The van der Waals surface area contributed by atoms with Crippen molar-refractivity contribution < 1.29 is 4.84 Å². The zero-order valence-corrected chi connectivity index (χ0v) is 7.87. The molecule has 0 saturated carbocycles. The van der Waals surface area contributed by atoms with Crippen molar-refractivity contribution in [1.29, 1.82) is 0 Å². The highest BCUT2D eigenvalue weighted by Gasteiger charge is 2.20. The van der Waals surface area contributed by atoms with Gasteiger partial charge < -0.3 is 4.84 Å². The van der Waals surface area contributed by atoms with Crippen LogP contribution in [-0.4, -0.2) is 17.7 Å². The zero-order chi connectivity index (χ0) is 9.10. The van der Waals surface area contributed by atoms with Gasteiger partial charge in [0.1, 0.15) is 6.10 Å². The van der Waals surface area contributed by atoms with Gasteiger partial charge in [-0.15, -0.1) is 11.6 Å². The molecule has 1 aromatic carbocycles. The summed E-state index contributed by atoms with van der Waals surface area (Å²) in [4.78, 5) is 5.13. The number of alkyl halides is 1. The third-order valence-electron chi connectivity index (χ3n) is 2.01. The van der Waals surface area contributed by atoms with Crippen molar-refractivity contribution >= 4 is 17.3 Å². The van der Waals surface area contributed by atoms with Crippen LogP contribution >= 0.6 is 11.6 Å². The summed E-state index contributed by atoms with van der Waals surface area (Å²) in [6, 6.07) is 10.0. The fourth-order valence-electron chi connectivity index (χ4n) is 1.31. The highest BCUT2D eigenvalue weighted by atomic mass is 35.5. The summed E-state index contributed by atoms with van der Waals surface area (Å²) in [5.74, 6) is 0.500. The minimum Gasteiger partial charge on any atom is -0.391 e. The van der Waals surface area contributed by atoms with Crippen LogP contribution in [0.2, 0.25) is 0 Å². The molecule has 0 N–H and O–H groups in total. The Balaban J connectivity index is 2.12. The molecule has 3 heteroatoms. The standard InChI is InChI=1S/C10H10ClNO/c11-7-9-6-10(12-13-9)8-4-2-1-3-5-8/h1-5,9H,6-7H2. The third-order valence-corrected chi connectivity index (χ3v) is 2.36. The number of hydrogen-bond donors (Lipinski definition) is 0. The molecule has 1 atom stereocenters. The van der Waals surface area contributed by atoms with Crippen molar-refractivity contribution in [2.45, 2.75) is 12.5 Å². The van der Waals surface area contributed by atoms with E-state index >= 15 is 0 Å². The van der Waals surface area contributed by atoms with Crippen molar-refractivity contribution in [3.63, 3.8) is 0 Å². The van der Waals surface area contributed by atoms with Gasteiger partial charge in [-0.25, -0.2) is 0 Å². The summed E-state index contributed by atoms with van der Waals surface area (Å²) in [7, 11) is 0. The van der Waals surface area contributed by atoms with Crippen LogP contribution in [0.5, 0.6) is 0 Å². The molecule has 2 nitrogen and oxygen atoms in total. The lowest BCUT2D eigenvalue weighted by Crippen LogP contribution is -2.09. The molecule has 2 rings (SSSR count). The van der Waals surface area contributed by atoms with Crippen LogP contribution in [0.25, 0.3) is 0 Å². The molecular weight excluding hydrogens is 186 g/mol. The number of hydrogen-bond acceptors (Lipinski definition) is 2. The lowest BCUT2D eigenvalue weighted by Gasteiger charge is -2.00. The van der Waals surface area contributed by atoms with Crippen molar-refractivity contribution in [1.82, 2.24) is 0 Å². The van der Waals surface area contributed by atoms with Crippen molar-refractivity contribution in [2.75, 3.05) is 5.88 Å². The molecule has 0 spiro atoms. The lowest BCUT2D eigenvalue weighted by atomic mass is 10.1. The molecule has 68 valence electrons. The predicted octanol–water partition coefficient (Wildman–Crippen LogP) is 2.42. The van der Waals surface area contributed by atoms with Gasteiger partial charge in [0.2, 0.25) is 0 Å². The van der Waals surface area contributed by atoms with E-state index in [1.165, 1.54) is 0 Å². The highest BCUT2D eigenvalue weighted by molar-refractivity contribution is 6.18. The Morgan fingerprint density at radius 1 is 1.38 bits per heavy atom. The minimum absolute atomic E-state index is 0.0527. The first-order chi connectivity index (χ1) is 6.40. The van der Waals surface area contributed by atoms with E-state index < -0.39 is 0 Å². The fourth-order valence-corrected chi connectivity index (χ4v) is 1.48. The van der Waals surface area contributed by atoms with Gasteiger partial charge in [0, 0.05) is 6.42 Å². The van der Waals surface area contributed by atoms with Gasteiger partial charge >= 0.3 is 0 Å². The van der Waals surface area contributed by atoms with Crippen molar-refractivity contribution in [3.05, 3.63) is 35.9 Å². The van der Waals surface area contributed by atoms with Crippen LogP contribution in [0.4, 0.5) is 0 Å². The average Bonchev–Trinajstić information content (AvgIpc) is 2.67. The maximum absolute atomic E-state index is 5.66. The zero-order valence-electron chi connectivity index (χ0n) is 7.11. The first kappa shape index (κ1) is 8.57. The largest absolute Gasteiger partial charge is 0.391 e. The van der Waals surface area contributed by atoms with Gasteiger partial charge in [-0.05, 0) is 5.56 Å². The van der Waals surface area contributed by atoms with E-state index in [9.17, 15) is 0 Å². The van der Waals surface area contributed by atoms with E-state index in [0.717, 1.165) is 17.7 Å². The molecule has 0 fully saturated rings. The molecule has 0 amide bonds. The van der Waals surface area contributed by atoms with Gasteiger partial charge in [0.25, 0.3) is 0 Å². The Kier molecular flexibility index (Phi) is 2.50. The number of benzene rings is 1. The van der Waals surface area contributed by atoms with E-state index in [1.807, 2.05) is 30.3 Å². The molecule has 1 aliphatic heterocycles. The average molecular weight is 196 g/mol. The van der Waals surface area contributed by atoms with Gasteiger partial charge in [-0.3, -0.25) is 0 Å². The van der Waals surface area contributed by atoms with E-state index in [1.54, 1.807) is 0 Å². The molecule has 0 bridgehead atoms. The van der Waals surface area contributed by atoms with Crippen molar-refractivity contribution in [2.24, 2.45) is 5.16 Å². The Morgan fingerprint density at radius 2 is 2.15 bits per heavy atom. The molecule has 0 aliphatic carbocycles. The summed E-state index contributed by atoms with van der Waals surface area (Å²) in [5.41, 5.74) is 2.11. The van der Waals surface area contributed by atoms with Crippen LogP contribution in [0.3, 0.4) is 0 Å². The molecule has 1 heterocycles. The predicted molar refractivity (Wildman–Crippen MR) is 53.2 cm³/mol. The number of halogens is 1. The second-order valence-corrected chi connectivity index (χ2v) is 3.30. The minimum atomic E-state index is 0.0527. The second-order valence-electron chi connectivity index (χ2n) is 2.99. The molecule has 0 aromatic heterocycles. The van der Waals surface area contributed by atoms with Crippen LogP contribution in [-0.2, 0) is 4.84 Å². The van der Waals surface area contributed by atoms with E-state index in [2.05, 4.69) is 5.16 Å². The fraction of sp³-hybridized carbons (Fsp3) is 0.300. The van der Waals surface area contributed by atoms with E-state index in [-0.39, 0.29) is 6.10 Å². The Bertz CT molecular complexity index is 310. The van der Waals surface area contributed by atoms with Gasteiger partial charge in [-0.1, -0.05) is 35.5 Å². The monoisotopic (exact) mass is 195 g/mol. The first-order valence-electron chi connectivity index (χ1n) is 4.24. The van der Waals surface area contributed by atoms with Crippen LogP contribution < -0.4 is 0 Å². The first-order valence-corrected chi connectivity index (χ1v) is 4.77. The molecule has 0 radical (unpaired) electrons. The van der Waals surface area contributed by atoms with Crippen LogP contribution in [0.1, 0.15) is 12.0 Å². The van der Waals surface area contributed by atoms with Crippen molar-refractivity contribution in [3.8, 4) is 0 Å². The summed E-state index contributed by atoms with van der Waals surface area (Å²) in [6.45, 7) is 0. The van der Waals surface area contributed by atoms with Gasteiger partial charge in [0.15, 0.2) is 0 Å². The van der Waals surface area contributed by atoms with E-state index in [0.29, 0.717) is 5.88 Å². The molecule has 1 unspecified atom stereocenters. The Morgan fingerprint density at radius 3 is 2.77 bits per heavy atom.